The van der Waals surface area contributed by atoms with Crippen molar-refractivity contribution in [3.63, 3.8) is 0 Å². The van der Waals surface area contributed by atoms with Gasteiger partial charge in [-0.25, -0.2) is 4.98 Å². The van der Waals surface area contributed by atoms with Gasteiger partial charge in [0.2, 0.25) is 0 Å². The maximum Gasteiger partial charge on any atom is 0.103 e. The van der Waals surface area contributed by atoms with Crippen LogP contribution in [0.2, 0.25) is 0 Å². The predicted octanol–water partition coefficient (Wildman–Crippen LogP) is 4.03. The third kappa shape index (κ3) is 3.02. The summed E-state index contributed by atoms with van der Waals surface area (Å²) in [6.45, 7) is 0. The van der Waals surface area contributed by atoms with Crippen LogP contribution >= 0.6 is 23.1 Å². The third-order valence-corrected chi connectivity index (χ3v) is 5.79. The summed E-state index contributed by atoms with van der Waals surface area (Å²) in [5, 5.41) is 4.65. The highest BCUT2D eigenvalue weighted by Gasteiger charge is 2.23. The number of hydrogen-bond donors (Lipinski definition) is 1. The minimum absolute atomic E-state index is 0.468. The lowest BCUT2D eigenvalue weighted by Crippen LogP contribution is -2.21. The molecule has 1 aromatic carbocycles. The molecule has 0 fully saturated rings. The van der Waals surface area contributed by atoms with Crippen molar-refractivity contribution in [1.29, 1.82) is 0 Å². The Morgan fingerprint density at radius 3 is 3.00 bits per heavy atom. The molecule has 19 heavy (non-hydrogen) atoms. The van der Waals surface area contributed by atoms with Gasteiger partial charge in [0.1, 0.15) is 5.01 Å². The van der Waals surface area contributed by atoms with E-state index in [-0.39, 0.29) is 0 Å². The monoisotopic (exact) mass is 290 g/mol. The van der Waals surface area contributed by atoms with Crippen molar-refractivity contribution in [2.45, 2.75) is 36.0 Å². The van der Waals surface area contributed by atoms with Crippen LogP contribution in [0.25, 0.3) is 0 Å². The van der Waals surface area contributed by atoms with Crippen LogP contribution in [0.4, 0.5) is 0 Å². The Balaban J connectivity index is 1.71. The second kappa shape index (κ2) is 6.07. The molecule has 0 saturated carbocycles. The average Bonchev–Trinajstić information content (AvgIpc) is 2.89. The normalized spacial score (nSPS) is 18.3. The van der Waals surface area contributed by atoms with Crippen LogP contribution in [0.15, 0.2) is 35.2 Å². The zero-order valence-corrected chi connectivity index (χ0v) is 12.7. The Kier molecular flexibility index (Phi) is 4.21. The molecular formula is C15H18N2S2. The minimum atomic E-state index is 0.468. The van der Waals surface area contributed by atoms with E-state index in [1.165, 1.54) is 39.7 Å². The maximum absolute atomic E-state index is 4.85. The molecule has 0 spiro atoms. The number of thioether (sulfide) groups is 1. The molecule has 0 saturated heterocycles. The summed E-state index contributed by atoms with van der Waals surface area (Å²) in [5.74, 6) is 0.984. The van der Waals surface area contributed by atoms with Crippen molar-refractivity contribution in [3.05, 3.63) is 45.9 Å². The molecule has 1 aliphatic rings. The van der Waals surface area contributed by atoms with Gasteiger partial charge >= 0.3 is 0 Å². The third-order valence-electron chi connectivity index (χ3n) is 3.45. The van der Waals surface area contributed by atoms with Gasteiger partial charge in [0.15, 0.2) is 0 Å². The molecule has 3 rings (SSSR count). The van der Waals surface area contributed by atoms with E-state index >= 15 is 0 Å². The molecule has 0 aliphatic heterocycles. The second-order valence-corrected chi connectivity index (χ2v) is 6.97. The minimum Gasteiger partial charge on any atom is -0.312 e. The second-order valence-electron chi connectivity index (χ2n) is 4.75. The maximum atomic E-state index is 4.85. The first-order valence-corrected chi connectivity index (χ1v) is 8.50. The van der Waals surface area contributed by atoms with E-state index in [0.29, 0.717) is 6.04 Å². The Hall–Kier alpha value is -0.840. The molecule has 1 N–H and O–H groups in total. The molecule has 2 aromatic rings. The molecule has 0 bridgehead atoms. The fraction of sp³-hybridized carbons (Fsp3) is 0.400. The SMILES string of the molecule is CNC1CCCc2sc(CSc3ccccc3)nc21. The van der Waals surface area contributed by atoms with Crippen LogP contribution in [0.3, 0.4) is 0 Å². The summed E-state index contributed by atoms with van der Waals surface area (Å²) in [6, 6.07) is 11.0. The highest BCUT2D eigenvalue weighted by atomic mass is 32.2. The Morgan fingerprint density at radius 1 is 1.37 bits per heavy atom. The first-order chi connectivity index (χ1) is 9.36. The summed E-state index contributed by atoms with van der Waals surface area (Å²) < 4.78 is 0. The number of aryl methyl sites for hydroxylation is 1. The van der Waals surface area contributed by atoms with Crippen LogP contribution in [-0.2, 0) is 12.2 Å². The van der Waals surface area contributed by atoms with Crippen LogP contribution < -0.4 is 5.32 Å². The Labute approximate surface area is 122 Å². The Morgan fingerprint density at radius 2 is 2.21 bits per heavy atom. The standard InChI is InChI=1S/C15H18N2S2/c1-16-12-8-5-9-13-15(12)17-14(19-13)10-18-11-6-3-2-4-7-11/h2-4,6-7,12,16H,5,8-10H2,1H3. The fourth-order valence-corrected chi connectivity index (χ4v) is 4.56. The molecule has 0 radical (unpaired) electrons. The van der Waals surface area contributed by atoms with Crippen LogP contribution in [0.5, 0.6) is 0 Å². The van der Waals surface area contributed by atoms with Gasteiger partial charge in [-0.1, -0.05) is 18.2 Å². The molecule has 0 amide bonds. The van der Waals surface area contributed by atoms with Gasteiger partial charge in [-0.05, 0) is 38.4 Å². The molecule has 2 nitrogen and oxygen atoms in total. The van der Waals surface area contributed by atoms with E-state index in [0.717, 1.165) is 5.75 Å². The van der Waals surface area contributed by atoms with Gasteiger partial charge in [-0.3, -0.25) is 0 Å². The van der Waals surface area contributed by atoms with Crippen molar-refractivity contribution in [3.8, 4) is 0 Å². The number of fused-ring (bicyclic) bond motifs is 1. The molecule has 100 valence electrons. The highest BCUT2D eigenvalue weighted by molar-refractivity contribution is 7.98. The molecular weight excluding hydrogens is 272 g/mol. The van der Waals surface area contributed by atoms with Crippen LogP contribution in [0, 0.1) is 0 Å². The van der Waals surface area contributed by atoms with Crippen molar-refractivity contribution in [2.75, 3.05) is 7.05 Å². The molecule has 1 unspecified atom stereocenters. The summed E-state index contributed by atoms with van der Waals surface area (Å²) in [6.07, 6.45) is 3.71. The quantitative estimate of drug-likeness (QED) is 0.861. The predicted molar refractivity (Wildman–Crippen MR) is 82.9 cm³/mol. The highest BCUT2D eigenvalue weighted by Crippen LogP contribution is 2.35. The number of nitrogens with one attached hydrogen (secondary N) is 1. The molecule has 1 heterocycles. The number of rotatable bonds is 4. The van der Waals surface area contributed by atoms with Crippen molar-refractivity contribution in [2.24, 2.45) is 0 Å². The largest absolute Gasteiger partial charge is 0.312 e. The smallest absolute Gasteiger partial charge is 0.103 e. The molecule has 1 aliphatic carbocycles. The van der Waals surface area contributed by atoms with Crippen molar-refractivity contribution in [1.82, 2.24) is 10.3 Å². The van der Waals surface area contributed by atoms with E-state index in [4.69, 9.17) is 4.98 Å². The van der Waals surface area contributed by atoms with Gasteiger partial charge in [-0.15, -0.1) is 23.1 Å². The number of thiazole rings is 1. The van der Waals surface area contributed by atoms with Crippen LogP contribution in [0.1, 0.15) is 34.5 Å². The van der Waals surface area contributed by atoms with E-state index in [1.54, 1.807) is 0 Å². The van der Waals surface area contributed by atoms with E-state index in [9.17, 15) is 0 Å². The van der Waals surface area contributed by atoms with Gasteiger partial charge in [0, 0.05) is 9.77 Å². The molecule has 1 atom stereocenters. The first kappa shape index (κ1) is 13.2. The van der Waals surface area contributed by atoms with E-state index in [1.807, 2.05) is 30.1 Å². The summed E-state index contributed by atoms with van der Waals surface area (Å²) in [5.41, 5.74) is 1.31. The van der Waals surface area contributed by atoms with E-state index in [2.05, 4.69) is 35.6 Å². The lowest BCUT2D eigenvalue weighted by atomic mass is 9.98. The lowest BCUT2D eigenvalue weighted by Gasteiger charge is -2.19. The number of aromatic nitrogens is 1. The summed E-state index contributed by atoms with van der Waals surface area (Å²) >= 11 is 3.78. The van der Waals surface area contributed by atoms with Gasteiger partial charge < -0.3 is 5.32 Å². The zero-order valence-electron chi connectivity index (χ0n) is 11.1. The van der Waals surface area contributed by atoms with E-state index < -0.39 is 0 Å². The van der Waals surface area contributed by atoms with Gasteiger partial charge in [0.05, 0.1) is 17.5 Å². The summed E-state index contributed by atoms with van der Waals surface area (Å²) in [4.78, 5) is 7.67. The zero-order chi connectivity index (χ0) is 13.1. The topological polar surface area (TPSA) is 24.9 Å². The lowest BCUT2D eigenvalue weighted by molar-refractivity contribution is 0.489. The molecule has 1 aromatic heterocycles. The first-order valence-electron chi connectivity index (χ1n) is 6.70. The molecule has 4 heteroatoms. The number of benzene rings is 1. The van der Waals surface area contributed by atoms with Crippen LogP contribution in [-0.4, -0.2) is 12.0 Å². The van der Waals surface area contributed by atoms with Gasteiger partial charge in [0.25, 0.3) is 0 Å². The number of nitrogens with zero attached hydrogens (tertiary/aromatic N) is 1. The van der Waals surface area contributed by atoms with Crippen molar-refractivity contribution >= 4 is 23.1 Å². The number of hydrogen-bond acceptors (Lipinski definition) is 4. The fourth-order valence-electron chi connectivity index (χ4n) is 2.47. The summed E-state index contributed by atoms with van der Waals surface area (Å²) in [7, 11) is 2.04. The Bertz CT molecular complexity index is 536. The van der Waals surface area contributed by atoms with Gasteiger partial charge in [-0.2, -0.15) is 0 Å². The van der Waals surface area contributed by atoms with Crippen molar-refractivity contribution < 1.29 is 0 Å². The average molecular weight is 290 g/mol.